The number of fused-ring (bicyclic) bond motifs is 1. The molecule has 1 aliphatic rings. The summed E-state index contributed by atoms with van der Waals surface area (Å²) in [5, 5.41) is 6.63. The first-order valence-corrected chi connectivity index (χ1v) is 11.6. The molecule has 0 aliphatic carbocycles. The number of nitrogens with zero attached hydrogens (tertiary/aromatic N) is 2. The van der Waals surface area contributed by atoms with Crippen LogP contribution in [-0.2, 0) is 29.2 Å². The number of rotatable bonds is 11. The number of carbonyl (C=O) groups is 1. The van der Waals surface area contributed by atoms with Crippen molar-refractivity contribution in [3.63, 3.8) is 0 Å². The summed E-state index contributed by atoms with van der Waals surface area (Å²) < 4.78 is 5.82. The predicted octanol–water partition coefficient (Wildman–Crippen LogP) is 4.34. The molecule has 1 unspecified atom stereocenters. The molecule has 0 saturated carbocycles. The average molecular weight is 565 g/mol. The molecule has 7 heteroatoms. The van der Waals surface area contributed by atoms with E-state index >= 15 is 0 Å². The molecule has 33 heavy (non-hydrogen) atoms. The van der Waals surface area contributed by atoms with Crippen LogP contribution in [0.2, 0.25) is 0 Å². The third kappa shape index (κ3) is 9.33. The molecule has 2 N–H and O–H groups in total. The van der Waals surface area contributed by atoms with Gasteiger partial charge in [0, 0.05) is 39.1 Å². The Labute approximate surface area is 215 Å². The standard InChI is InChI=1S/C26H36N4O2.HI/c1-3-27-26(29-16-21(2)19-32-20-22-10-5-4-6-11-22)28-15-9-14-25(31)30-17-23-12-7-8-13-24(23)18-30;/h4-8,10-13,21H,3,9,14-20H2,1-2H3,(H2,27,28,29);1H. The summed E-state index contributed by atoms with van der Waals surface area (Å²) in [6, 6.07) is 18.5. The molecule has 2 aromatic carbocycles. The van der Waals surface area contributed by atoms with Crippen LogP contribution in [0, 0.1) is 5.92 Å². The van der Waals surface area contributed by atoms with Gasteiger partial charge in [0.25, 0.3) is 0 Å². The molecule has 0 radical (unpaired) electrons. The van der Waals surface area contributed by atoms with Crippen LogP contribution in [-0.4, -0.2) is 43.0 Å². The van der Waals surface area contributed by atoms with Gasteiger partial charge in [-0.1, -0.05) is 61.5 Å². The van der Waals surface area contributed by atoms with Crippen LogP contribution in [0.15, 0.2) is 59.6 Å². The lowest BCUT2D eigenvalue weighted by Crippen LogP contribution is -2.38. The highest BCUT2D eigenvalue weighted by Gasteiger charge is 2.22. The van der Waals surface area contributed by atoms with Crippen molar-refractivity contribution < 1.29 is 9.53 Å². The van der Waals surface area contributed by atoms with Crippen molar-refractivity contribution in [1.82, 2.24) is 15.5 Å². The minimum Gasteiger partial charge on any atom is -0.376 e. The zero-order valence-electron chi connectivity index (χ0n) is 19.8. The number of hydrogen-bond acceptors (Lipinski definition) is 3. The molecule has 6 nitrogen and oxygen atoms in total. The van der Waals surface area contributed by atoms with Crippen LogP contribution in [0.3, 0.4) is 0 Å². The Bertz CT molecular complexity index is 851. The zero-order valence-corrected chi connectivity index (χ0v) is 22.1. The number of hydrogen-bond donors (Lipinski definition) is 2. The van der Waals surface area contributed by atoms with Crippen LogP contribution in [0.1, 0.15) is 43.4 Å². The van der Waals surface area contributed by atoms with Gasteiger partial charge < -0.3 is 20.3 Å². The Morgan fingerprint density at radius 2 is 1.73 bits per heavy atom. The van der Waals surface area contributed by atoms with E-state index < -0.39 is 0 Å². The Morgan fingerprint density at radius 1 is 1.06 bits per heavy atom. The number of ether oxygens (including phenoxy) is 1. The molecule has 0 saturated heterocycles. The predicted molar refractivity (Wildman–Crippen MR) is 145 cm³/mol. The van der Waals surface area contributed by atoms with Gasteiger partial charge in [-0.3, -0.25) is 9.79 Å². The molecule has 2 aromatic rings. The fraction of sp³-hybridized carbons (Fsp3) is 0.462. The number of aliphatic imine (C=N–C) groups is 1. The monoisotopic (exact) mass is 564 g/mol. The van der Waals surface area contributed by atoms with Gasteiger partial charge in [-0.15, -0.1) is 24.0 Å². The molecule has 0 bridgehead atoms. The number of nitrogens with one attached hydrogen (secondary N) is 2. The number of halogens is 1. The SMILES string of the molecule is CCNC(=NCC(C)COCc1ccccc1)NCCCC(=O)N1Cc2ccccc2C1.I. The average Bonchev–Trinajstić information content (AvgIpc) is 3.25. The summed E-state index contributed by atoms with van der Waals surface area (Å²) in [7, 11) is 0. The van der Waals surface area contributed by atoms with Gasteiger partial charge in [0.15, 0.2) is 5.96 Å². The van der Waals surface area contributed by atoms with Crippen molar-refractivity contribution in [1.29, 1.82) is 0 Å². The summed E-state index contributed by atoms with van der Waals surface area (Å²) in [5.41, 5.74) is 3.72. The highest BCUT2D eigenvalue weighted by atomic mass is 127. The number of benzene rings is 2. The normalized spacial score (nSPS) is 13.8. The van der Waals surface area contributed by atoms with Gasteiger partial charge in [-0.05, 0) is 36.0 Å². The van der Waals surface area contributed by atoms with E-state index in [0.29, 0.717) is 32.1 Å². The van der Waals surface area contributed by atoms with E-state index in [1.165, 1.54) is 16.7 Å². The smallest absolute Gasteiger partial charge is 0.223 e. The van der Waals surface area contributed by atoms with Crippen molar-refractivity contribution in [2.24, 2.45) is 10.9 Å². The van der Waals surface area contributed by atoms with Crippen molar-refractivity contribution in [3.8, 4) is 0 Å². The zero-order chi connectivity index (χ0) is 22.6. The summed E-state index contributed by atoms with van der Waals surface area (Å²) in [5.74, 6) is 1.34. The van der Waals surface area contributed by atoms with Crippen molar-refractivity contribution >= 4 is 35.8 Å². The molecule has 1 heterocycles. The largest absolute Gasteiger partial charge is 0.376 e. The van der Waals surface area contributed by atoms with Crippen LogP contribution in [0.4, 0.5) is 0 Å². The van der Waals surface area contributed by atoms with E-state index in [2.05, 4.69) is 53.7 Å². The van der Waals surface area contributed by atoms with Gasteiger partial charge in [-0.2, -0.15) is 0 Å². The minimum absolute atomic E-state index is 0. The van der Waals surface area contributed by atoms with Crippen LogP contribution in [0.25, 0.3) is 0 Å². The van der Waals surface area contributed by atoms with Gasteiger partial charge in [0.1, 0.15) is 0 Å². The third-order valence-corrected chi connectivity index (χ3v) is 5.47. The van der Waals surface area contributed by atoms with Gasteiger partial charge in [0.2, 0.25) is 5.91 Å². The maximum atomic E-state index is 12.5. The van der Waals surface area contributed by atoms with Crippen molar-refractivity contribution in [2.45, 2.75) is 46.4 Å². The van der Waals surface area contributed by atoms with Crippen LogP contribution >= 0.6 is 24.0 Å². The second-order valence-corrected chi connectivity index (χ2v) is 8.37. The highest BCUT2D eigenvalue weighted by molar-refractivity contribution is 14.0. The fourth-order valence-electron chi connectivity index (χ4n) is 3.71. The molecule has 3 rings (SSSR count). The first kappa shape index (κ1) is 27.1. The summed E-state index contributed by atoms with van der Waals surface area (Å²) >= 11 is 0. The molecular weight excluding hydrogens is 527 g/mol. The number of carbonyl (C=O) groups excluding carboxylic acids is 1. The summed E-state index contributed by atoms with van der Waals surface area (Å²) in [4.78, 5) is 19.2. The molecule has 0 fully saturated rings. The summed E-state index contributed by atoms with van der Waals surface area (Å²) in [6.07, 6.45) is 1.33. The Balaban J connectivity index is 0.00000385. The molecule has 0 aromatic heterocycles. The van der Waals surface area contributed by atoms with Gasteiger partial charge >= 0.3 is 0 Å². The van der Waals surface area contributed by atoms with E-state index in [-0.39, 0.29) is 29.9 Å². The number of guanidine groups is 1. The highest BCUT2D eigenvalue weighted by Crippen LogP contribution is 2.22. The Morgan fingerprint density at radius 3 is 2.39 bits per heavy atom. The third-order valence-electron chi connectivity index (χ3n) is 5.47. The Hall–Kier alpha value is -2.13. The maximum Gasteiger partial charge on any atom is 0.223 e. The van der Waals surface area contributed by atoms with Crippen LogP contribution < -0.4 is 10.6 Å². The topological polar surface area (TPSA) is 66.0 Å². The molecule has 0 spiro atoms. The second kappa shape index (κ2) is 14.9. The van der Waals surface area contributed by atoms with E-state index in [1.54, 1.807) is 0 Å². The van der Waals surface area contributed by atoms with E-state index in [4.69, 9.17) is 4.74 Å². The van der Waals surface area contributed by atoms with Crippen molar-refractivity contribution in [3.05, 3.63) is 71.3 Å². The lowest BCUT2D eigenvalue weighted by Gasteiger charge is -2.16. The second-order valence-electron chi connectivity index (χ2n) is 8.37. The van der Waals surface area contributed by atoms with E-state index in [9.17, 15) is 4.79 Å². The van der Waals surface area contributed by atoms with Crippen molar-refractivity contribution in [2.75, 3.05) is 26.2 Å². The van der Waals surface area contributed by atoms with Crippen LogP contribution in [0.5, 0.6) is 0 Å². The van der Waals surface area contributed by atoms with E-state index in [0.717, 1.165) is 38.6 Å². The molecular formula is C26H37IN4O2. The number of amides is 1. The first-order chi connectivity index (χ1) is 15.7. The molecule has 1 aliphatic heterocycles. The Kier molecular flexibility index (Phi) is 12.2. The maximum absolute atomic E-state index is 12.5. The molecule has 1 amide bonds. The summed E-state index contributed by atoms with van der Waals surface area (Å²) in [6.45, 7) is 9.17. The minimum atomic E-state index is 0. The fourth-order valence-corrected chi connectivity index (χ4v) is 3.71. The first-order valence-electron chi connectivity index (χ1n) is 11.6. The quantitative estimate of drug-likeness (QED) is 0.185. The lowest BCUT2D eigenvalue weighted by molar-refractivity contribution is -0.131. The molecule has 180 valence electrons. The lowest BCUT2D eigenvalue weighted by atomic mass is 10.1. The van der Waals surface area contributed by atoms with Gasteiger partial charge in [0.05, 0.1) is 13.2 Å². The van der Waals surface area contributed by atoms with E-state index in [1.807, 2.05) is 35.2 Å². The van der Waals surface area contributed by atoms with Gasteiger partial charge in [-0.25, -0.2) is 0 Å². The molecule has 1 atom stereocenters.